The Morgan fingerprint density at radius 3 is 2.15 bits per heavy atom. The van der Waals surface area contributed by atoms with Crippen LogP contribution in [0.1, 0.15) is 40.0 Å². The summed E-state index contributed by atoms with van der Waals surface area (Å²) in [5.74, 6) is 0.802. The molecular formula is C11H26N2. The second kappa shape index (κ2) is 10.0. The zero-order valence-corrected chi connectivity index (χ0v) is 9.53. The summed E-state index contributed by atoms with van der Waals surface area (Å²) < 4.78 is 0. The smallest absolute Gasteiger partial charge is 0.00227 e. The summed E-state index contributed by atoms with van der Waals surface area (Å²) in [7, 11) is 0. The zero-order chi connectivity index (χ0) is 9.94. The standard InChI is InChI=1S/C11H26N2/c1-4-7-12-9-6-11(3)10-13-8-5-2/h11-13H,4-10H2,1-3H3. The highest BCUT2D eigenvalue weighted by molar-refractivity contribution is 4.58. The third kappa shape index (κ3) is 9.84. The van der Waals surface area contributed by atoms with Gasteiger partial charge in [-0.05, 0) is 51.4 Å². The fraction of sp³-hybridized carbons (Fsp3) is 1.00. The van der Waals surface area contributed by atoms with Gasteiger partial charge in [-0.2, -0.15) is 0 Å². The Morgan fingerprint density at radius 2 is 1.54 bits per heavy atom. The summed E-state index contributed by atoms with van der Waals surface area (Å²) in [6.07, 6.45) is 3.76. The Kier molecular flexibility index (Phi) is 9.94. The first-order chi connectivity index (χ1) is 6.31. The molecule has 13 heavy (non-hydrogen) atoms. The summed E-state index contributed by atoms with van der Waals surface area (Å²) in [6, 6.07) is 0. The van der Waals surface area contributed by atoms with E-state index in [-0.39, 0.29) is 0 Å². The lowest BCUT2D eigenvalue weighted by molar-refractivity contribution is 0.463. The van der Waals surface area contributed by atoms with Crippen LogP contribution in [0.5, 0.6) is 0 Å². The zero-order valence-electron chi connectivity index (χ0n) is 9.53. The van der Waals surface area contributed by atoms with Gasteiger partial charge in [-0.1, -0.05) is 20.8 Å². The molecule has 0 heterocycles. The largest absolute Gasteiger partial charge is 0.317 e. The molecule has 0 aromatic rings. The lowest BCUT2D eigenvalue weighted by Crippen LogP contribution is -2.25. The molecule has 2 nitrogen and oxygen atoms in total. The molecule has 0 amide bonds. The van der Waals surface area contributed by atoms with Crippen LogP contribution in [0.25, 0.3) is 0 Å². The Bertz CT molecular complexity index is 94.1. The van der Waals surface area contributed by atoms with Gasteiger partial charge in [-0.15, -0.1) is 0 Å². The quantitative estimate of drug-likeness (QED) is 0.538. The molecule has 0 bridgehead atoms. The summed E-state index contributed by atoms with van der Waals surface area (Å²) >= 11 is 0. The van der Waals surface area contributed by atoms with E-state index in [0.717, 1.165) is 19.0 Å². The SMILES string of the molecule is CCCNCCC(C)CNCCC. The lowest BCUT2D eigenvalue weighted by Gasteiger charge is -2.12. The molecule has 2 heteroatoms. The Morgan fingerprint density at radius 1 is 0.923 bits per heavy atom. The summed E-state index contributed by atoms with van der Waals surface area (Å²) in [6.45, 7) is 11.4. The Hall–Kier alpha value is -0.0800. The average molecular weight is 186 g/mol. The van der Waals surface area contributed by atoms with E-state index in [1.165, 1.54) is 32.4 Å². The van der Waals surface area contributed by atoms with Crippen molar-refractivity contribution < 1.29 is 0 Å². The minimum Gasteiger partial charge on any atom is -0.317 e. The molecule has 0 spiro atoms. The molecular weight excluding hydrogens is 160 g/mol. The van der Waals surface area contributed by atoms with Crippen molar-refractivity contribution in [1.29, 1.82) is 0 Å². The first-order valence-corrected chi connectivity index (χ1v) is 5.72. The van der Waals surface area contributed by atoms with Crippen LogP contribution in [0.4, 0.5) is 0 Å². The van der Waals surface area contributed by atoms with E-state index in [2.05, 4.69) is 31.4 Å². The van der Waals surface area contributed by atoms with Gasteiger partial charge in [0.1, 0.15) is 0 Å². The number of hydrogen-bond acceptors (Lipinski definition) is 2. The minimum atomic E-state index is 0.802. The average Bonchev–Trinajstić information content (AvgIpc) is 2.13. The van der Waals surface area contributed by atoms with E-state index < -0.39 is 0 Å². The monoisotopic (exact) mass is 186 g/mol. The van der Waals surface area contributed by atoms with Crippen molar-refractivity contribution in [3.8, 4) is 0 Å². The lowest BCUT2D eigenvalue weighted by atomic mass is 10.1. The Balaban J connectivity index is 3.05. The molecule has 80 valence electrons. The molecule has 1 unspecified atom stereocenters. The van der Waals surface area contributed by atoms with Crippen LogP contribution in [0.2, 0.25) is 0 Å². The van der Waals surface area contributed by atoms with Crippen LogP contribution in [-0.2, 0) is 0 Å². The maximum atomic E-state index is 3.45. The topological polar surface area (TPSA) is 24.1 Å². The van der Waals surface area contributed by atoms with Gasteiger partial charge in [-0.25, -0.2) is 0 Å². The van der Waals surface area contributed by atoms with Crippen LogP contribution < -0.4 is 10.6 Å². The van der Waals surface area contributed by atoms with Gasteiger partial charge >= 0.3 is 0 Å². The predicted octanol–water partition coefficient (Wildman–Crippen LogP) is 2.01. The minimum absolute atomic E-state index is 0.802. The molecule has 0 saturated carbocycles. The van der Waals surface area contributed by atoms with Crippen LogP contribution in [0, 0.1) is 5.92 Å². The highest BCUT2D eigenvalue weighted by atomic mass is 14.9. The van der Waals surface area contributed by atoms with Crippen LogP contribution in [0.15, 0.2) is 0 Å². The fourth-order valence-electron chi connectivity index (χ4n) is 1.28. The molecule has 0 saturated heterocycles. The molecule has 2 N–H and O–H groups in total. The van der Waals surface area contributed by atoms with E-state index in [9.17, 15) is 0 Å². The molecule has 0 aliphatic rings. The first kappa shape index (κ1) is 12.9. The van der Waals surface area contributed by atoms with Crippen LogP contribution >= 0.6 is 0 Å². The van der Waals surface area contributed by atoms with Crippen LogP contribution in [-0.4, -0.2) is 26.2 Å². The normalized spacial score (nSPS) is 13.2. The highest BCUT2D eigenvalue weighted by Crippen LogP contribution is 1.97. The molecule has 0 aliphatic heterocycles. The van der Waals surface area contributed by atoms with Crippen molar-refractivity contribution in [3.63, 3.8) is 0 Å². The summed E-state index contributed by atoms with van der Waals surface area (Å²) in [5, 5.41) is 6.88. The molecule has 0 radical (unpaired) electrons. The van der Waals surface area contributed by atoms with Crippen molar-refractivity contribution in [2.45, 2.75) is 40.0 Å². The summed E-state index contributed by atoms with van der Waals surface area (Å²) in [5.41, 5.74) is 0. The first-order valence-electron chi connectivity index (χ1n) is 5.72. The maximum Gasteiger partial charge on any atom is -0.00227 e. The van der Waals surface area contributed by atoms with Gasteiger partial charge in [0.15, 0.2) is 0 Å². The van der Waals surface area contributed by atoms with E-state index in [1.807, 2.05) is 0 Å². The fourth-order valence-corrected chi connectivity index (χ4v) is 1.28. The number of nitrogens with one attached hydrogen (secondary N) is 2. The van der Waals surface area contributed by atoms with Crippen molar-refractivity contribution in [1.82, 2.24) is 10.6 Å². The van der Waals surface area contributed by atoms with Gasteiger partial charge in [0.05, 0.1) is 0 Å². The third-order valence-electron chi connectivity index (χ3n) is 2.16. The second-order valence-corrected chi connectivity index (χ2v) is 3.85. The van der Waals surface area contributed by atoms with Crippen molar-refractivity contribution >= 4 is 0 Å². The molecule has 0 fully saturated rings. The predicted molar refractivity (Wildman–Crippen MR) is 60.1 cm³/mol. The van der Waals surface area contributed by atoms with Gasteiger partial charge in [0, 0.05) is 0 Å². The molecule has 1 atom stereocenters. The number of rotatable bonds is 9. The van der Waals surface area contributed by atoms with E-state index in [1.54, 1.807) is 0 Å². The summed E-state index contributed by atoms with van der Waals surface area (Å²) in [4.78, 5) is 0. The van der Waals surface area contributed by atoms with Crippen molar-refractivity contribution in [2.75, 3.05) is 26.2 Å². The third-order valence-corrected chi connectivity index (χ3v) is 2.16. The molecule has 0 rings (SSSR count). The Labute approximate surface area is 83.5 Å². The number of hydrogen-bond donors (Lipinski definition) is 2. The van der Waals surface area contributed by atoms with Gasteiger partial charge in [-0.3, -0.25) is 0 Å². The van der Waals surface area contributed by atoms with E-state index in [4.69, 9.17) is 0 Å². The van der Waals surface area contributed by atoms with E-state index >= 15 is 0 Å². The molecule has 0 aromatic heterocycles. The van der Waals surface area contributed by atoms with Crippen LogP contribution in [0.3, 0.4) is 0 Å². The molecule has 0 aromatic carbocycles. The van der Waals surface area contributed by atoms with E-state index in [0.29, 0.717) is 0 Å². The van der Waals surface area contributed by atoms with Crippen molar-refractivity contribution in [3.05, 3.63) is 0 Å². The maximum absolute atomic E-state index is 3.45. The van der Waals surface area contributed by atoms with Gasteiger partial charge in [0.2, 0.25) is 0 Å². The van der Waals surface area contributed by atoms with Crippen molar-refractivity contribution in [2.24, 2.45) is 5.92 Å². The second-order valence-electron chi connectivity index (χ2n) is 3.85. The highest BCUT2D eigenvalue weighted by Gasteiger charge is 1.99. The van der Waals surface area contributed by atoms with Gasteiger partial charge in [0.25, 0.3) is 0 Å². The van der Waals surface area contributed by atoms with Gasteiger partial charge < -0.3 is 10.6 Å². The molecule has 0 aliphatic carbocycles.